The van der Waals surface area contributed by atoms with Gasteiger partial charge in [0.15, 0.2) is 5.96 Å². The van der Waals surface area contributed by atoms with Gasteiger partial charge in [0.1, 0.15) is 0 Å². The average Bonchev–Trinajstić information content (AvgIpc) is 2.44. The molecule has 136 valence electrons. The smallest absolute Gasteiger partial charge is 0.189 e. The van der Waals surface area contributed by atoms with Crippen LogP contribution >= 0.6 is 24.0 Å². The van der Waals surface area contributed by atoms with E-state index >= 15 is 0 Å². The van der Waals surface area contributed by atoms with Gasteiger partial charge in [0.25, 0.3) is 0 Å². The summed E-state index contributed by atoms with van der Waals surface area (Å²) in [7, 11) is 0. The van der Waals surface area contributed by atoms with Gasteiger partial charge in [-0.3, -0.25) is 4.90 Å². The van der Waals surface area contributed by atoms with Gasteiger partial charge in [-0.25, -0.2) is 4.99 Å². The SMILES string of the molecule is CC1CCCN(Cc2ccccc2CN=C(N)NC(C)(C)C)C1.I. The van der Waals surface area contributed by atoms with Gasteiger partial charge in [0.2, 0.25) is 0 Å². The highest BCUT2D eigenvalue weighted by atomic mass is 127. The number of rotatable bonds is 4. The highest BCUT2D eigenvalue weighted by Gasteiger charge is 2.17. The van der Waals surface area contributed by atoms with Crippen LogP contribution < -0.4 is 11.1 Å². The Labute approximate surface area is 164 Å². The molecule has 4 nitrogen and oxygen atoms in total. The van der Waals surface area contributed by atoms with Crippen LogP contribution in [0.1, 0.15) is 51.7 Å². The lowest BCUT2D eigenvalue weighted by Gasteiger charge is -2.31. The van der Waals surface area contributed by atoms with Crippen LogP contribution in [-0.2, 0) is 13.1 Å². The van der Waals surface area contributed by atoms with Gasteiger partial charge in [0.05, 0.1) is 6.54 Å². The van der Waals surface area contributed by atoms with Crippen molar-refractivity contribution in [3.63, 3.8) is 0 Å². The highest BCUT2D eigenvalue weighted by molar-refractivity contribution is 14.0. The first-order chi connectivity index (χ1) is 10.8. The Bertz CT molecular complexity index is 536. The van der Waals surface area contributed by atoms with Crippen molar-refractivity contribution in [1.82, 2.24) is 10.2 Å². The molecule has 1 heterocycles. The van der Waals surface area contributed by atoms with Crippen molar-refractivity contribution in [1.29, 1.82) is 0 Å². The van der Waals surface area contributed by atoms with Crippen molar-refractivity contribution in [3.8, 4) is 0 Å². The van der Waals surface area contributed by atoms with E-state index in [2.05, 4.69) is 67.2 Å². The van der Waals surface area contributed by atoms with Crippen LogP contribution in [0.5, 0.6) is 0 Å². The van der Waals surface area contributed by atoms with Gasteiger partial charge in [-0.05, 0) is 57.2 Å². The Morgan fingerprint density at radius 2 is 1.96 bits per heavy atom. The summed E-state index contributed by atoms with van der Waals surface area (Å²) in [6, 6.07) is 8.58. The average molecular weight is 444 g/mol. The molecule has 0 aliphatic carbocycles. The molecule has 3 N–H and O–H groups in total. The first kappa shape index (κ1) is 21.2. The lowest BCUT2D eigenvalue weighted by molar-refractivity contribution is 0.176. The maximum atomic E-state index is 5.99. The van der Waals surface area contributed by atoms with Crippen LogP contribution in [0, 0.1) is 5.92 Å². The zero-order chi connectivity index (χ0) is 16.9. The lowest BCUT2D eigenvalue weighted by atomic mass is 9.99. The summed E-state index contributed by atoms with van der Waals surface area (Å²) in [5.41, 5.74) is 8.57. The Morgan fingerprint density at radius 1 is 1.29 bits per heavy atom. The van der Waals surface area contributed by atoms with Crippen LogP contribution in [0.3, 0.4) is 0 Å². The first-order valence-electron chi connectivity index (χ1n) is 8.71. The van der Waals surface area contributed by atoms with Gasteiger partial charge >= 0.3 is 0 Å². The monoisotopic (exact) mass is 444 g/mol. The number of benzene rings is 1. The number of likely N-dealkylation sites (tertiary alicyclic amines) is 1. The summed E-state index contributed by atoms with van der Waals surface area (Å²) in [6.07, 6.45) is 2.67. The molecule has 2 rings (SSSR count). The van der Waals surface area contributed by atoms with Crippen LogP contribution in [0.25, 0.3) is 0 Å². The summed E-state index contributed by atoms with van der Waals surface area (Å²) in [6.45, 7) is 12.7. The number of halogens is 1. The predicted octanol–water partition coefficient (Wildman–Crippen LogP) is 3.74. The van der Waals surface area contributed by atoms with Crippen molar-refractivity contribution in [2.45, 2.75) is 59.2 Å². The Hall–Kier alpha value is -0.820. The molecule has 1 saturated heterocycles. The van der Waals surface area contributed by atoms with Crippen LogP contribution in [0.2, 0.25) is 0 Å². The molecule has 1 aromatic rings. The van der Waals surface area contributed by atoms with Gasteiger partial charge in [-0.15, -0.1) is 24.0 Å². The van der Waals surface area contributed by atoms with E-state index in [-0.39, 0.29) is 29.5 Å². The number of piperidine rings is 1. The standard InChI is InChI=1S/C19H32N4.HI/c1-15-8-7-11-23(13-15)14-17-10-6-5-9-16(17)12-21-18(20)22-19(2,3)4;/h5-6,9-10,15H,7-8,11-14H2,1-4H3,(H3,20,21,22);1H. The summed E-state index contributed by atoms with van der Waals surface area (Å²) in [5, 5.41) is 3.21. The Morgan fingerprint density at radius 3 is 2.58 bits per heavy atom. The summed E-state index contributed by atoms with van der Waals surface area (Å²) >= 11 is 0. The second-order valence-corrected chi connectivity index (χ2v) is 7.83. The van der Waals surface area contributed by atoms with E-state index in [4.69, 9.17) is 5.73 Å². The number of aliphatic imine (C=N–C) groups is 1. The van der Waals surface area contributed by atoms with Crippen molar-refractivity contribution in [2.75, 3.05) is 13.1 Å². The minimum atomic E-state index is -0.0585. The second kappa shape index (κ2) is 9.61. The summed E-state index contributed by atoms with van der Waals surface area (Å²) in [5.74, 6) is 1.32. The zero-order valence-electron chi connectivity index (χ0n) is 15.5. The van der Waals surface area contributed by atoms with Gasteiger partial charge < -0.3 is 11.1 Å². The normalized spacial score (nSPS) is 19.7. The minimum Gasteiger partial charge on any atom is -0.370 e. The molecule has 0 bridgehead atoms. The minimum absolute atomic E-state index is 0. The van der Waals surface area contributed by atoms with E-state index in [1.54, 1.807) is 0 Å². The van der Waals surface area contributed by atoms with E-state index in [0.29, 0.717) is 12.5 Å². The van der Waals surface area contributed by atoms with E-state index in [1.165, 1.54) is 37.1 Å². The Kier molecular flexibility index (Phi) is 8.50. The molecule has 0 aromatic heterocycles. The molecule has 1 atom stereocenters. The van der Waals surface area contributed by atoms with Crippen molar-refractivity contribution in [2.24, 2.45) is 16.6 Å². The van der Waals surface area contributed by atoms with Gasteiger partial charge in [-0.1, -0.05) is 31.2 Å². The molecule has 1 aliphatic rings. The van der Waals surface area contributed by atoms with Gasteiger partial charge in [-0.2, -0.15) is 0 Å². The van der Waals surface area contributed by atoms with E-state index in [1.807, 2.05) is 0 Å². The number of nitrogens with zero attached hydrogens (tertiary/aromatic N) is 2. The van der Waals surface area contributed by atoms with Crippen LogP contribution in [0.4, 0.5) is 0 Å². The molecular weight excluding hydrogens is 411 g/mol. The van der Waals surface area contributed by atoms with Crippen molar-refractivity contribution >= 4 is 29.9 Å². The maximum Gasteiger partial charge on any atom is 0.189 e. The quantitative estimate of drug-likeness (QED) is 0.423. The van der Waals surface area contributed by atoms with Crippen LogP contribution in [-0.4, -0.2) is 29.5 Å². The van der Waals surface area contributed by atoms with Crippen molar-refractivity contribution < 1.29 is 0 Å². The predicted molar refractivity (Wildman–Crippen MR) is 114 cm³/mol. The van der Waals surface area contributed by atoms with Crippen LogP contribution in [0.15, 0.2) is 29.3 Å². The largest absolute Gasteiger partial charge is 0.370 e. The number of nitrogens with one attached hydrogen (secondary N) is 1. The molecule has 0 saturated carbocycles. The zero-order valence-corrected chi connectivity index (χ0v) is 17.8. The number of guanidine groups is 1. The molecule has 1 aromatic carbocycles. The fraction of sp³-hybridized carbons (Fsp3) is 0.632. The summed E-state index contributed by atoms with van der Waals surface area (Å²) < 4.78 is 0. The van der Waals surface area contributed by atoms with Crippen molar-refractivity contribution in [3.05, 3.63) is 35.4 Å². The topological polar surface area (TPSA) is 53.6 Å². The third-order valence-electron chi connectivity index (χ3n) is 4.18. The third kappa shape index (κ3) is 7.38. The fourth-order valence-electron chi connectivity index (χ4n) is 3.13. The molecule has 1 unspecified atom stereocenters. The Balaban J connectivity index is 0.00000288. The maximum absolute atomic E-state index is 5.99. The molecule has 1 aliphatic heterocycles. The number of hydrogen-bond donors (Lipinski definition) is 2. The number of nitrogens with two attached hydrogens (primary N) is 1. The fourth-order valence-corrected chi connectivity index (χ4v) is 3.13. The molecule has 24 heavy (non-hydrogen) atoms. The molecule has 1 fully saturated rings. The molecule has 0 radical (unpaired) electrons. The van der Waals surface area contributed by atoms with Gasteiger partial charge in [0, 0.05) is 18.6 Å². The molecule has 0 amide bonds. The second-order valence-electron chi connectivity index (χ2n) is 7.83. The highest BCUT2D eigenvalue weighted by Crippen LogP contribution is 2.20. The molecular formula is C19H33IN4. The molecule has 0 spiro atoms. The lowest BCUT2D eigenvalue weighted by Crippen LogP contribution is -2.45. The first-order valence-corrected chi connectivity index (χ1v) is 8.71. The third-order valence-corrected chi connectivity index (χ3v) is 4.18. The molecule has 5 heteroatoms. The van der Waals surface area contributed by atoms with E-state index in [9.17, 15) is 0 Å². The van der Waals surface area contributed by atoms with E-state index < -0.39 is 0 Å². The summed E-state index contributed by atoms with van der Waals surface area (Å²) in [4.78, 5) is 7.08. The van der Waals surface area contributed by atoms with E-state index in [0.717, 1.165) is 12.5 Å². The number of hydrogen-bond acceptors (Lipinski definition) is 2.